The van der Waals surface area contributed by atoms with Crippen molar-refractivity contribution < 1.29 is 19.4 Å². The zero-order chi connectivity index (χ0) is 35.9. The SMILES string of the molecule is CCN1c2cc3c(cc2C(C)=CC1(C)C)C(c1c(Cl)c(Cl)c(Cl)c(Cl)c1C(=O)O)=c1cc2c(cc1O3)=[N+](CCCC(C)=O)C(C)(C)C=C2C. The number of nitrogens with zero attached hydrogens (tertiary/aromatic N) is 2. The average molecular weight is 742 g/mol. The molecule has 3 aliphatic rings. The number of allylic oxidation sites excluding steroid dienone is 2. The normalized spacial score (nSPS) is 16.9. The lowest BCUT2D eigenvalue weighted by molar-refractivity contribution is -0.117. The highest BCUT2D eigenvalue weighted by Gasteiger charge is 2.38. The van der Waals surface area contributed by atoms with E-state index in [2.05, 4.69) is 70.1 Å². The predicted molar refractivity (Wildman–Crippen MR) is 202 cm³/mol. The van der Waals surface area contributed by atoms with Crippen LogP contribution in [0.3, 0.4) is 0 Å². The number of anilines is 1. The molecular formula is C39H39Cl4N2O4+. The summed E-state index contributed by atoms with van der Waals surface area (Å²) in [4.78, 5) is 27.1. The second-order valence-corrected chi connectivity index (χ2v) is 15.7. The van der Waals surface area contributed by atoms with Gasteiger partial charge < -0.3 is 19.5 Å². The van der Waals surface area contributed by atoms with Gasteiger partial charge in [0.1, 0.15) is 23.8 Å². The van der Waals surface area contributed by atoms with Crippen molar-refractivity contribution in [3.05, 3.63) is 94.9 Å². The van der Waals surface area contributed by atoms with E-state index in [-0.39, 0.29) is 48.1 Å². The quantitative estimate of drug-likeness (QED) is 0.116. The second-order valence-electron chi connectivity index (χ2n) is 14.2. The van der Waals surface area contributed by atoms with Crippen molar-refractivity contribution >= 4 is 80.6 Å². The van der Waals surface area contributed by atoms with Gasteiger partial charge in [-0.3, -0.25) is 0 Å². The van der Waals surface area contributed by atoms with Crippen molar-refractivity contribution in [2.24, 2.45) is 0 Å². The summed E-state index contributed by atoms with van der Waals surface area (Å²) >= 11 is 26.8. The first-order valence-corrected chi connectivity index (χ1v) is 17.9. The number of ketones is 1. The molecule has 49 heavy (non-hydrogen) atoms. The fraction of sp³-hybridized carbons (Fsp3) is 0.359. The van der Waals surface area contributed by atoms with Crippen LogP contribution in [0.5, 0.6) is 11.5 Å². The number of likely N-dealkylation sites (N-methyl/N-ethyl adjacent to an activating group) is 1. The van der Waals surface area contributed by atoms with E-state index in [9.17, 15) is 14.7 Å². The fourth-order valence-corrected chi connectivity index (χ4v) is 8.87. The molecule has 3 aliphatic heterocycles. The van der Waals surface area contributed by atoms with Crippen LogP contribution in [0.2, 0.25) is 20.1 Å². The molecule has 1 N–H and O–H groups in total. The Morgan fingerprint density at radius 1 is 0.857 bits per heavy atom. The maximum Gasteiger partial charge on any atom is 0.337 e. The molecule has 0 amide bonds. The zero-order valence-electron chi connectivity index (χ0n) is 28.9. The minimum atomic E-state index is -1.29. The predicted octanol–water partition coefficient (Wildman–Crippen LogP) is 9.43. The van der Waals surface area contributed by atoms with Crippen LogP contribution >= 0.6 is 46.4 Å². The molecule has 0 saturated heterocycles. The van der Waals surface area contributed by atoms with Crippen LogP contribution in [-0.2, 0) is 4.79 Å². The summed E-state index contributed by atoms with van der Waals surface area (Å²) in [5, 5.41) is 11.8. The Labute approximate surface area is 306 Å². The Kier molecular flexibility index (Phi) is 9.05. The number of Topliss-reactive ketones (excluding diaryl/α,β-unsaturated/α-hetero) is 1. The first-order valence-electron chi connectivity index (χ1n) is 16.3. The van der Waals surface area contributed by atoms with Crippen molar-refractivity contribution in [3.8, 4) is 11.5 Å². The molecule has 3 aromatic rings. The number of hydrogen-bond donors (Lipinski definition) is 1. The summed E-state index contributed by atoms with van der Waals surface area (Å²) in [6, 6.07) is 8.12. The molecule has 6 nitrogen and oxygen atoms in total. The summed E-state index contributed by atoms with van der Waals surface area (Å²) in [5.41, 5.74) is 5.63. The summed E-state index contributed by atoms with van der Waals surface area (Å²) < 4.78 is 9.12. The topological polar surface area (TPSA) is 69.9 Å². The zero-order valence-corrected chi connectivity index (χ0v) is 31.9. The number of carboxylic acid groups (broad SMARTS) is 1. The number of carboxylic acids is 1. The molecule has 0 saturated carbocycles. The number of benzene rings is 3. The van der Waals surface area contributed by atoms with Gasteiger partial charge in [0.05, 0.1) is 37.3 Å². The number of carbonyl (C=O) groups is 2. The highest BCUT2D eigenvalue weighted by atomic mass is 35.5. The molecule has 3 aromatic carbocycles. The van der Waals surface area contributed by atoms with Gasteiger partial charge >= 0.3 is 5.97 Å². The van der Waals surface area contributed by atoms with Crippen LogP contribution in [0.15, 0.2) is 36.4 Å². The van der Waals surface area contributed by atoms with Crippen molar-refractivity contribution in [3.63, 3.8) is 0 Å². The Balaban J connectivity index is 1.80. The lowest BCUT2D eigenvalue weighted by Gasteiger charge is -2.43. The van der Waals surface area contributed by atoms with Gasteiger partial charge in [-0.05, 0) is 70.9 Å². The first-order chi connectivity index (χ1) is 22.9. The minimum Gasteiger partial charge on any atom is -0.478 e. The van der Waals surface area contributed by atoms with Crippen LogP contribution < -0.4 is 24.8 Å². The van der Waals surface area contributed by atoms with E-state index in [1.165, 1.54) is 0 Å². The molecule has 256 valence electrons. The summed E-state index contributed by atoms with van der Waals surface area (Å²) in [6.07, 6.45) is 5.63. The number of hydrogen-bond acceptors (Lipinski definition) is 4. The van der Waals surface area contributed by atoms with E-state index >= 15 is 0 Å². The molecule has 0 unspecified atom stereocenters. The van der Waals surface area contributed by atoms with Crippen molar-refractivity contribution in [1.29, 1.82) is 0 Å². The van der Waals surface area contributed by atoms with Crippen LogP contribution in [0.1, 0.15) is 101 Å². The molecule has 0 bridgehead atoms. The molecule has 0 radical (unpaired) electrons. The van der Waals surface area contributed by atoms with Gasteiger partial charge in [0.25, 0.3) is 0 Å². The molecule has 10 heteroatoms. The molecule has 6 rings (SSSR count). The van der Waals surface area contributed by atoms with E-state index in [4.69, 9.17) is 51.1 Å². The molecular weight excluding hydrogens is 702 g/mol. The van der Waals surface area contributed by atoms with Gasteiger partial charge in [-0.2, -0.15) is 0 Å². The fourth-order valence-electron chi connectivity index (χ4n) is 7.84. The van der Waals surface area contributed by atoms with E-state index in [0.29, 0.717) is 47.2 Å². The van der Waals surface area contributed by atoms with Crippen LogP contribution in [0.4, 0.5) is 5.69 Å². The minimum absolute atomic E-state index is 0.0134. The van der Waals surface area contributed by atoms with Gasteiger partial charge in [0, 0.05) is 78.0 Å². The first kappa shape index (κ1) is 35.5. The Bertz CT molecular complexity index is 2200. The lowest BCUT2D eigenvalue weighted by Crippen LogP contribution is -2.50. The number of fused-ring (bicyclic) bond motifs is 4. The van der Waals surface area contributed by atoms with E-state index in [1.54, 1.807) is 6.92 Å². The number of rotatable bonds is 7. The maximum absolute atomic E-state index is 13.0. The molecule has 3 heterocycles. The largest absolute Gasteiger partial charge is 0.478 e. The number of halogens is 4. The molecule has 0 aromatic heterocycles. The van der Waals surface area contributed by atoms with Gasteiger partial charge in [0.15, 0.2) is 5.54 Å². The second kappa shape index (κ2) is 12.5. The van der Waals surface area contributed by atoms with Crippen LogP contribution in [-0.4, -0.2) is 41.0 Å². The number of ether oxygens (including phenoxy) is 1. The third kappa shape index (κ3) is 5.79. The summed E-state index contributed by atoms with van der Waals surface area (Å²) in [5.74, 6) is -0.0631. The van der Waals surface area contributed by atoms with Gasteiger partial charge in [-0.25, -0.2) is 9.37 Å². The van der Waals surface area contributed by atoms with Crippen LogP contribution in [0, 0.1) is 0 Å². The summed E-state index contributed by atoms with van der Waals surface area (Å²) in [6.45, 7) is 18.0. The monoisotopic (exact) mass is 739 g/mol. The molecule has 0 aliphatic carbocycles. The van der Waals surface area contributed by atoms with Crippen molar-refractivity contribution in [1.82, 2.24) is 4.58 Å². The Hall–Kier alpha value is -3.29. The van der Waals surface area contributed by atoms with Crippen LogP contribution in [0.25, 0.3) is 16.7 Å². The Morgan fingerprint density at radius 2 is 1.51 bits per heavy atom. The standard InChI is InChI=1S/C39H38Cl4N2O4/c1-9-44-26-15-28-24(13-22(26)19(2)17-38(44,5)6)30(31-32(37(47)48)34(41)36(43)35(42)33(31)40)25-14-23-20(3)18-39(7,8)45(12-10-11-21(4)46)27(23)16-29(25)49-28/h13-18H,9-12H2,1-8H3/p+1. The number of carbonyl (C=O) groups excluding carboxylic acids is 1. The van der Waals surface area contributed by atoms with Crippen molar-refractivity contribution in [2.45, 2.75) is 79.3 Å². The third-order valence-electron chi connectivity index (χ3n) is 9.87. The molecule has 0 atom stereocenters. The van der Waals surface area contributed by atoms with E-state index < -0.39 is 5.97 Å². The maximum atomic E-state index is 13.0. The Morgan fingerprint density at radius 3 is 2.14 bits per heavy atom. The highest BCUT2D eigenvalue weighted by molar-refractivity contribution is 6.53. The van der Waals surface area contributed by atoms with Crippen molar-refractivity contribution in [2.75, 3.05) is 18.0 Å². The third-order valence-corrected chi connectivity index (χ3v) is 11.7. The van der Waals surface area contributed by atoms with E-state index in [0.717, 1.165) is 39.9 Å². The molecule has 0 spiro atoms. The number of aromatic carboxylic acids is 1. The molecule has 0 fully saturated rings. The van der Waals surface area contributed by atoms with Gasteiger partial charge in [-0.15, -0.1) is 0 Å². The van der Waals surface area contributed by atoms with Gasteiger partial charge in [-0.1, -0.05) is 52.5 Å². The lowest BCUT2D eigenvalue weighted by atomic mass is 9.83. The smallest absolute Gasteiger partial charge is 0.337 e. The highest BCUT2D eigenvalue weighted by Crippen LogP contribution is 2.50. The average Bonchev–Trinajstić information content (AvgIpc) is 3.00. The van der Waals surface area contributed by atoms with Gasteiger partial charge in [0.2, 0.25) is 5.36 Å². The van der Waals surface area contributed by atoms with E-state index in [1.807, 2.05) is 24.3 Å². The summed E-state index contributed by atoms with van der Waals surface area (Å²) in [7, 11) is 0.